The van der Waals surface area contributed by atoms with Gasteiger partial charge in [0.1, 0.15) is 0 Å². The predicted octanol–water partition coefficient (Wildman–Crippen LogP) is 5.22. The van der Waals surface area contributed by atoms with Gasteiger partial charge in [-0.3, -0.25) is 0 Å². The Kier molecular flexibility index (Phi) is 8.12. The Balaban J connectivity index is 1.65. The summed E-state index contributed by atoms with van der Waals surface area (Å²) in [6, 6.07) is 24.7. The summed E-state index contributed by atoms with van der Waals surface area (Å²) in [5, 5.41) is 7.05. The predicted molar refractivity (Wildman–Crippen MR) is 130 cm³/mol. The molecule has 3 rings (SSSR count). The topological polar surface area (TPSA) is 51.8 Å². The van der Waals surface area contributed by atoms with Crippen LogP contribution in [0.4, 0.5) is 5.69 Å². The first-order chi connectivity index (χ1) is 15.2. The van der Waals surface area contributed by atoms with Crippen LogP contribution in [-0.4, -0.2) is 33.0 Å². The number of benzene rings is 3. The molecular formula is C25H28N2O3S. The molecule has 0 saturated carbocycles. The minimum absolute atomic E-state index is 0.291. The second kappa shape index (κ2) is 11.2. The van der Waals surface area contributed by atoms with E-state index in [1.807, 2.05) is 24.3 Å². The molecule has 0 aliphatic rings. The molecule has 0 saturated heterocycles. The Labute approximate surface area is 189 Å². The largest absolute Gasteiger partial charge is 0.493 e. The van der Waals surface area contributed by atoms with Crippen molar-refractivity contribution in [1.82, 2.24) is 5.32 Å². The lowest BCUT2D eigenvalue weighted by Crippen LogP contribution is -2.30. The van der Waals surface area contributed by atoms with Crippen LogP contribution < -0.4 is 24.8 Å². The highest BCUT2D eigenvalue weighted by Gasteiger charge is 2.15. The molecule has 0 heterocycles. The lowest BCUT2D eigenvalue weighted by molar-refractivity contribution is 0.324. The van der Waals surface area contributed by atoms with Crippen LogP contribution in [0.15, 0.2) is 72.8 Å². The summed E-state index contributed by atoms with van der Waals surface area (Å²) in [7, 11) is 4.76. The second-order valence-electron chi connectivity index (χ2n) is 6.96. The normalized spacial score (nSPS) is 10.5. The zero-order valence-corrected chi connectivity index (χ0v) is 18.9. The first-order valence-electron chi connectivity index (χ1n) is 10.1. The summed E-state index contributed by atoms with van der Waals surface area (Å²) in [4.78, 5) is 0. The first-order valence-corrected chi connectivity index (χ1v) is 10.5. The molecule has 0 bridgehead atoms. The molecule has 0 fully saturated rings. The van der Waals surface area contributed by atoms with Gasteiger partial charge in [0.25, 0.3) is 0 Å². The molecule has 3 aromatic rings. The molecule has 162 valence electrons. The van der Waals surface area contributed by atoms with Crippen LogP contribution in [-0.2, 0) is 0 Å². The van der Waals surface area contributed by atoms with Crippen molar-refractivity contribution in [2.45, 2.75) is 12.3 Å². The maximum Gasteiger partial charge on any atom is 0.203 e. The molecule has 6 heteroatoms. The molecule has 0 radical (unpaired) electrons. The maximum atomic E-state index is 5.51. The quantitative estimate of drug-likeness (QED) is 0.449. The van der Waals surface area contributed by atoms with Gasteiger partial charge in [0.15, 0.2) is 16.6 Å². The monoisotopic (exact) mass is 436 g/mol. The average Bonchev–Trinajstić information content (AvgIpc) is 2.82. The van der Waals surface area contributed by atoms with E-state index in [0.29, 0.717) is 28.3 Å². The van der Waals surface area contributed by atoms with Gasteiger partial charge in [-0.1, -0.05) is 60.7 Å². The van der Waals surface area contributed by atoms with E-state index < -0.39 is 0 Å². The summed E-state index contributed by atoms with van der Waals surface area (Å²) in [5.41, 5.74) is 3.34. The van der Waals surface area contributed by atoms with Gasteiger partial charge in [-0.2, -0.15) is 0 Å². The first kappa shape index (κ1) is 22.4. The highest BCUT2D eigenvalue weighted by molar-refractivity contribution is 7.80. The Hall–Kier alpha value is -3.25. The summed E-state index contributed by atoms with van der Waals surface area (Å²) in [6.45, 7) is 0.727. The molecule has 0 aliphatic heterocycles. The van der Waals surface area contributed by atoms with Gasteiger partial charge in [-0.05, 0) is 29.8 Å². The number of hydrogen-bond donors (Lipinski definition) is 2. The van der Waals surface area contributed by atoms with Crippen LogP contribution >= 0.6 is 12.2 Å². The van der Waals surface area contributed by atoms with Gasteiger partial charge in [-0.15, -0.1) is 0 Å². The Morgan fingerprint density at radius 1 is 0.806 bits per heavy atom. The summed E-state index contributed by atoms with van der Waals surface area (Å²) in [6.07, 6.45) is 0.908. The zero-order chi connectivity index (χ0) is 22.1. The van der Waals surface area contributed by atoms with Crippen molar-refractivity contribution < 1.29 is 14.2 Å². The summed E-state index contributed by atoms with van der Waals surface area (Å²) < 4.78 is 16.2. The highest BCUT2D eigenvalue weighted by atomic mass is 32.1. The van der Waals surface area contributed by atoms with Crippen molar-refractivity contribution in [1.29, 1.82) is 0 Å². The van der Waals surface area contributed by atoms with Crippen LogP contribution in [0.25, 0.3) is 0 Å². The number of hydrogen-bond acceptors (Lipinski definition) is 4. The number of rotatable bonds is 9. The minimum atomic E-state index is 0.291. The number of thiocarbonyl (C=S) groups is 1. The highest BCUT2D eigenvalue weighted by Crippen LogP contribution is 2.39. The van der Waals surface area contributed by atoms with Crippen molar-refractivity contribution in [3.05, 3.63) is 83.9 Å². The average molecular weight is 437 g/mol. The fraction of sp³-hybridized carbons (Fsp3) is 0.240. The molecule has 0 aromatic heterocycles. The fourth-order valence-corrected chi connectivity index (χ4v) is 3.77. The molecule has 3 aromatic carbocycles. The van der Waals surface area contributed by atoms with E-state index in [4.69, 9.17) is 26.4 Å². The van der Waals surface area contributed by atoms with Crippen LogP contribution in [0.5, 0.6) is 17.2 Å². The third-order valence-corrected chi connectivity index (χ3v) is 5.29. The van der Waals surface area contributed by atoms with Gasteiger partial charge in [-0.25, -0.2) is 0 Å². The molecule has 0 amide bonds. The smallest absolute Gasteiger partial charge is 0.203 e. The molecular weight excluding hydrogens is 408 g/mol. The van der Waals surface area contributed by atoms with Crippen molar-refractivity contribution >= 4 is 23.0 Å². The van der Waals surface area contributed by atoms with E-state index in [1.54, 1.807) is 21.3 Å². The second-order valence-corrected chi connectivity index (χ2v) is 7.37. The summed E-state index contributed by atoms with van der Waals surface area (Å²) >= 11 is 5.51. The third kappa shape index (κ3) is 5.89. The van der Waals surface area contributed by atoms with E-state index in [9.17, 15) is 0 Å². The van der Waals surface area contributed by atoms with Gasteiger partial charge in [0, 0.05) is 30.3 Å². The molecule has 0 unspecified atom stereocenters. The lowest BCUT2D eigenvalue weighted by atomic mass is 9.88. The van der Waals surface area contributed by atoms with Gasteiger partial charge >= 0.3 is 0 Å². The Bertz CT molecular complexity index is 916. The Morgan fingerprint density at radius 3 is 1.77 bits per heavy atom. The van der Waals surface area contributed by atoms with Crippen molar-refractivity contribution in [2.24, 2.45) is 0 Å². The molecule has 0 atom stereocenters. The molecule has 2 N–H and O–H groups in total. The van der Waals surface area contributed by atoms with E-state index in [-0.39, 0.29) is 0 Å². The van der Waals surface area contributed by atoms with Crippen molar-refractivity contribution in [2.75, 3.05) is 33.2 Å². The van der Waals surface area contributed by atoms with Crippen molar-refractivity contribution in [3.8, 4) is 17.2 Å². The maximum absolute atomic E-state index is 5.51. The number of methoxy groups -OCH3 is 3. The van der Waals surface area contributed by atoms with E-state index in [2.05, 4.69) is 59.2 Å². The fourth-order valence-electron chi connectivity index (χ4n) is 3.56. The van der Waals surface area contributed by atoms with Gasteiger partial charge in [0.05, 0.1) is 21.3 Å². The molecule has 31 heavy (non-hydrogen) atoms. The number of nitrogens with one attached hydrogen (secondary N) is 2. The van der Waals surface area contributed by atoms with Crippen LogP contribution in [0.2, 0.25) is 0 Å². The Morgan fingerprint density at radius 2 is 1.32 bits per heavy atom. The zero-order valence-electron chi connectivity index (χ0n) is 18.1. The standard InChI is InChI=1S/C25H28N2O3S/c1-28-22-16-20(17-23(29-2)24(22)30-3)27-25(31)26-15-14-21(18-10-6-4-7-11-18)19-12-8-5-9-13-19/h4-13,16-17,21H,14-15H2,1-3H3,(H2,26,27,31). The third-order valence-electron chi connectivity index (χ3n) is 5.05. The SMILES string of the molecule is COc1cc(NC(=S)NCCC(c2ccccc2)c2ccccc2)cc(OC)c1OC. The van der Waals surface area contributed by atoms with E-state index in [0.717, 1.165) is 18.7 Å². The molecule has 0 aliphatic carbocycles. The number of ether oxygens (including phenoxy) is 3. The summed E-state index contributed by atoms with van der Waals surface area (Å²) in [5.74, 6) is 1.97. The van der Waals surface area contributed by atoms with Gasteiger partial charge in [0.2, 0.25) is 5.75 Å². The van der Waals surface area contributed by atoms with Gasteiger partial charge < -0.3 is 24.8 Å². The van der Waals surface area contributed by atoms with Crippen LogP contribution in [0.3, 0.4) is 0 Å². The lowest BCUT2D eigenvalue weighted by Gasteiger charge is -2.20. The number of anilines is 1. The van der Waals surface area contributed by atoms with E-state index >= 15 is 0 Å². The van der Waals surface area contributed by atoms with E-state index in [1.165, 1.54) is 11.1 Å². The minimum Gasteiger partial charge on any atom is -0.493 e. The van der Waals surface area contributed by atoms with Crippen molar-refractivity contribution in [3.63, 3.8) is 0 Å². The molecule has 0 spiro atoms. The molecule has 5 nitrogen and oxygen atoms in total. The van der Waals surface area contributed by atoms with Crippen LogP contribution in [0.1, 0.15) is 23.5 Å². The van der Waals surface area contributed by atoms with Crippen LogP contribution in [0, 0.1) is 0 Å².